The number of likely N-dealkylation sites (tertiary alicyclic amines) is 2. The molecule has 1 aromatic heterocycles. The van der Waals surface area contributed by atoms with Crippen LogP contribution in [-0.2, 0) is 6.61 Å². The van der Waals surface area contributed by atoms with Crippen molar-refractivity contribution in [2.45, 2.75) is 51.3 Å². The Morgan fingerprint density at radius 3 is 2.89 bits per heavy atom. The molecule has 1 aromatic carbocycles. The number of nitrogens with zero attached hydrogens (tertiary/aromatic N) is 3. The number of rotatable bonds is 6. The number of thiazole rings is 1. The van der Waals surface area contributed by atoms with Gasteiger partial charge in [-0.25, -0.2) is 9.37 Å². The van der Waals surface area contributed by atoms with Crippen molar-refractivity contribution in [1.82, 2.24) is 14.8 Å². The second-order valence-electron chi connectivity index (χ2n) is 7.69. The molecule has 3 heterocycles. The minimum absolute atomic E-state index is 0.127. The third-order valence-corrected chi connectivity index (χ3v) is 6.45. The highest BCUT2D eigenvalue weighted by Gasteiger charge is 2.33. The van der Waals surface area contributed by atoms with E-state index in [4.69, 9.17) is 4.74 Å². The standard InChI is InChI=1S/C21H26FN3O2S/c1-15-4-2-8-24(15)11-17-5-3-9-25(17)21(26)19-7-6-18(10-20(19)22)27-12-16-13-28-14-23-16/h6-7,10,13-15,17H,2-5,8-9,11-12H2,1H3/t15-,17+/m1/s1. The summed E-state index contributed by atoms with van der Waals surface area (Å²) in [5.41, 5.74) is 2.67. The van der Waals surface area contributed by atoms with Gasteiger partial charge in [0.05, 0.1) is 16.8 Å². The summed E-state index contributed by atoms with van der Waals surface area (Å²) in [5, 5.41) is 1.89. The first-order chi connectivity index (χ1) is 13.6. The molecule has 150 valence electrons. The molecule has 7 heteroatoms. The zero-order valence-corrected chi connectivity index (χ0v) is 17.0. The molecule has 2 atom stereocenters. The van der Waals surface area contributed by atoms with Gasteiger partial charge in [-0.1, -0.05) is 0 Å². The minimum atomic E-state index is -0.527. The number of amides is 1. The summed E-state index contributed by atoms with van der Waals surface area (Å²) in [7, 11) is 0. The fraction of sp³-hybridized carbons (Fsp3) is 0.524. The number of aromatic nitrogens is 1. The SMILES string of the molecule is C[C@@H]1CCCN1C[C@@H]1CCCN1C(=O)c1ccc(OCc2cscn2)cc1F. The highest BCUT2D eigenvalue weighted by atomic mass is 32.1. The molecule has 0 unspecified atom stereocenters. The van der Waals surface area contributed by atoms with Crippen molar-refractivity contribution in [3.8, 4) is 5.75 Å². The number of ether oxygens (including phenoxy) is 1. The molecule has 2 fully saturated rings. The van der Waals surface area contributed by atoms with Gasteiger partial charge in [0.15, 0.2) is 0 Å². The van der Waals surface area contributed by atoms with E-state index in [-0.39, 0.29) is 17.5 Å². The summed E-state index contributed by atoms with van der Waals surface area (Å²) in [5.74, 6) is -0.329. The lowest BCUT2D eigenvalue weighted by atomic mass is 10.1. The van der Waals surface area contributed by atoms with Gasteiger partial charge in [-0.2, -0.15) is 0 Å². The smallest absolute Gasteiger partial charge is 0.257 e. The van der Waals surface area contributed by atoms with E-state index in [9.17, 15) is 9.18 Å². The van der Waals surface area contributed by atoms with Crippen LogP contribution in [0.25, 0.3) is 0 Å². The highest BCUT2D eigenvalue weighted by molar-refractivity contribution is 7.07. The molecule has 28 heavy (non-hydrogen) atoms. The molecule has 0 spiro atoms. The summed E-state index contributed by atoms with van der Waals surface area (Å²) < 4.78 is 20.2. The Bertz CT molecular complexity index is 814. The van der Waals surface area contributed by atoms with Crippen LogP contribution in [-0.4, -0.2) is 52.4 Å². The van der Waals surface area contributed by atoms with Crippen LogP contribution in [0.3, 0.4) is 0 Å². The first-order valence-corrected chi connectivity index (χ1v) is 10.9. The molecule has 5 nitrogen and oxygen atoms in total. The largest absolute Gasteiger partial charge is 0.487 e. The lowest BCUT2D eigenvalue weighted by Gasteiger charge is -2.31. The number of carbonyl (C=O) groups is 1. The minimum Gasteiger partial charge on any atom is -0.487 e. The van der Waals surface area contributed by atoms with E-state index >= 15 is 0 Å². The van der Waals surface area contributed by atoms with Gasteiger partial charge in [0.2, 0.25) is 0 Å². The zero-order valence-electron chi connectivity index (χ0n) is 16.1. The Hall–Kier alpha value is -1.99. The van der Waals surface area contributed by atoms with Crippen LogP contribution in [0.4, 0.5) is 4.39 Å². The summed E-state index contributed by atoms with van der Waals surface area (Å²) >= 11 is 1.49. The predicted molar refractivity (Wildman–Crippen MR) is 107 cm³/mol. The summed E-state index contributed by atoms with van der Waals surface area (Å²) in [4.78, 5) is 21.5. The van der Waals surface area contributed by atoms with Gasteiger partial charge < -0.3 is 9.64 Å². The van der Waals surface area contributed by atoms with Gasteiger partial charge in [0.25, 0.3) is 5.91 Å². The average molecular weight is 404 g/mol. The molecule has 2 aromatic rings. The van der Waals surface area contributed by atoms with Crippen molar-refractivity contribution < 1.29 is 13.9 Å². The quantitative estimate of drug-likeness (QED) is 0.733. The van der Waals surface area contributed by atoms with Crippen LogP contribution < -0.4 is 4.74 Å². The van der Waals surface area contributed by atoms with Crippen molar-refractivity contribution in [3.63, 3.8) is 0 Å². The summed E-state index contributed by atoms with van der Waals surface area (Å²) in [6.07, 6.45) is 4.41. The maximum absolute atomic E-state index is 14.7. The Morgan fingerprint density at radius 2 is 2.18 bits per heavy atom. The van der Waals surface area contributed by atoms with Gasteiger partial charge in [-0.05, 0) is 51.3 Å². The van der Waals surface area contributed by atoms with Crippen molar-refractivity contribution >= 4 is 17.2 Å². The van der Waals surface area contributed by atoms with Gasteiger partial charge in [0.1, 0.15) is 18.2 Å². The number of benzene rings is 1. The van der Waals surface area contributed by atoms with Gasteiger partial charge in [-0.15, -0.1) is 11.3 Å². The van der Waals surface area contributed by atoms with Crippen molar-refractivity contribution in [3.05, 3.63) is 46.2 Å². The lowest BCUT2D eigenvalue weighted by molar-refractivity contribution is 0.0692. The molecular formula is C21H26FN3O2S. The maximum Gasteiger partial charge on any atom is 0.257 e. The molecule has 2 aliphatic rings. The molecule has 2 saturated heterocycles. The summed E-state index contributed by atoms with van der Waals surface area (Å²) in [6, 6.07) is 5.25. The maximum atomic E-state index is 14.7. The van der Waals surface area contributed by atoms with E-state index in [0.29, 0.717) is 24.9 Å². The van der Waals surface area contributed by atoms with E-state index in [1.165, 1.54) is 30.2 Å². The van der Waals surface area contributed by atoms with Crippen LogP contribution in [0.5, 0.6) is 5.75 Å². The van der Waals surface area contributed by atoms with Gasteiger partial charge >= 0.3 is 0 Å². The average Bonchev–Trinajstić information content (AvgIpc) is 3.43. The predicted octanol–water partition coefficient (Wildman–Crippen LogP) is 3.95. The molecule has 1 amide bonds. The number of hydrogen-bond acceptors (Lipinski definition) is 5. The normalized spacial score (nSPS) is 22.7. The fourth-order valence-corrected chi connectivity index (χ4v) is 4.75. The lowest BCUT2D eigenvalue weighted by Crippen LogP contribution is -2.44. The monoisotopic (exact) mass is 403 g/mol. The fourth-order valence-electron chi connectivity index (χ4n) is 4.21. The van der Waals surface area contributed by atoms with Crippen molar-refractivity contribution in [2.75, 3.05) is 19.6 Å². The summed E-state index contributed by atoms with van der Waals surface area (Å²) in [6.45, 7) is 5.23. The van der Waals surface area contributed by atoms with Crippen molar-refractivity contribution in [2.24, 2.45) is 0 Å². The van der Waals surface area contributed by atoms with Crippen LogP contribution in [0.2, 0.25) is 0 Å². The van der Waals surface area contributed by atoms with E-state index in [1.807, 2.05) is 10.3 Å². The van der Waals surface area contributed by atoms with Crippen LogP contribution >= 0.6 is 11.3 Å². The molecule has 0 bridgehead atoms. The molecular weight excluding hydrogens is 377 g/mol. The second kappa shape index (κ2) is 8.57. The molecule has 0 radical (unpaired) electrons. The first-order valence-electron chi connectivity index (χ1n) is 9.96. The zero-order chi connectivity index (χ0) is 19.5. The molecule has 0 aliphatic carbocycles. The molecule has 4 rings (SSSR count). The number of hydrogen-bond donors (Lipinski definition) is 0. The van der Waals surface area contributed by atoms with Gasteiger partial charge in [-0.3, -0.25) is 9.69 Å². The van der Waals surface area contributed by atoms with Crippen LogP contribution in [0.15, 0.2) is 29.1 Å². The Kier molecular flexibility index (Phi) is 5.92. The Morgan fingerprint density at radius 1 is 1.32 bits per heavy atom. The molecule has 2 aliphatic heterocycles. The van der Waals surface area contributed by atoms with E-state index in [2.05, 4.69) is 16.8 Å². The Labute approximate surface area is 169 Å². The molecule has 0 saturated carbocycles. The Balaban J connectivity index is 1.41. The highest BCUT2D eigenvalue weighted by Crippen LogP contribution is 2.26. The van der Waals surface area contributed by atoms with E-state index < -0.39 is 5.82 Å². The van der Waals surface area contributed by atoms with Crippen molar-refractivity contribution in [1.29, 1.82) is 0 Å². The van der Waals surface area contributed by atoms with E-state index in [1.54, 1.807) is 17.6 Å². The van der Waals surface area contributed by atoms with Crippen LogP contribution in [0.1, 0.15) is 48.7 Å². The third kappa shape index (κ3) is 4.20. The first kappa shape index (κ1) is 19.3. The van der Waals surface area contributed by atoms with Gasteiger partial charge in [0, 0.05) is 36.6 Å². The topological polar surface area (TPSA) is 45.7 Å². The number of carbonyl (C=O) groups excluding carboxylic acids is 1. The second-order valence-corrected chi connectivity index (χ2v) is 8.41. The van der Waals surface area contributed by atoms with Crippen LogP contribution in [0, 0.1) is 5.82 Å². The molecule has 0 N–H and O–H groups in total. The number of halogens is 1. The van der Waals surface area contributed by atoms with E-state index in [0.717, 1.165) is 31.6 Å². The third-order valence-electron chi connectivity index (χ3n) is 5.81.